The van der Waals surface area contributed by atoms with Gasteiger partial charge in [0, 0.05) is 13.2 Å². The highest BCUT2D eigenvalue weighted by molar-refractivity contribution is 5.77. The fourth-order valence-electron chi connectivity index (χ4n) is 3.57. The molecule has 0 aliphatic heterocycles. The van der Waals surface area contributed by atoms with Crippen LogP contribution in [0.25, 0.3) is 0 Å². The second-order valence-electron chi connectivity index (χ2n) is 6.71. The Morgan fingerprint density at radius 3 is 2.68 bits per heavy atom. The molecule has 1 unspecified atom stereocenters. The number of hydrogen-bond donors (Lipinski definition) is 0. The lowest BCUT2D eigenvalue weighted by molar-refractivity contribution is -0.135. The molecule has 0 saturated carbocycles. The second-order valence-corrected chi connectivity index (χ2v) is 6.71. The number of aryl methyl sites for hydroxylation is 2. The molecule has 0 saturated heterocycles. The molecule has 132 valence electrons. The number of ether oxygens (including phenoxy) is 1. The summed E-state index contributed by atoms with van der Waals surface area (Å²) >= 11 is 0. The van der Waals surface area contributed by atoms with E-state index in [0.717, 1.165) is 12.8 Å². The molecule has 2 aromatic carbocycles. The van der Waals surface area contributed by atoms with E-state index in [2.05, 4.69) is 60.4 Å². The van der Waals surface area contributed by atoms with Crippen LogP contribution in [0.2, 0.25) is 0 Å². The molecule has 0 heterocycles. The van der Waals surface area contributed by atoms with Crippen LogP contribution in [0.15, 0.2) is 48.5 Å². The molecule has 0 N–H and O–H groups in total. The normalized spacial score (nSPS) is 15.8. The minimum atomic E-state index is 0.173. The summed E-state index contributed by atoms with van der Waals surface area (Å²) in [7, 11) is 0. The van der Waals surface area contributed by atoms with Crippen LogP contribution >= 0.6 is 0 Å². The van der Waals surface area contributed by atoms with Gasteiger partial charge in [0.1, 0.15) is 0 Å². The summed E-state index contributed by atoms with van der Waals surface area (Å²) in [6.45, 7) is 5.85. The van der Waals surface area contributed by atoms with Gasteiger partial charge < -0.3 is 9.64 Å². The summed E-state index contributed by atoms with van der Waals surface area (Å²) in [6, 6.07) is 17.2. The standard InChI is InChI=1S/C22H27NO2/c1-3-25-15-14-22(24)23(16-18-10-8-17(2)9-11-18)21-13-12-19-6-4-5-7-20(19)21/h4-11,21H,3,12-16H2,1-2H3. The van der Waals surface area contributed by atoms with Gasteiger partial charge in [-0.05, 0) is 43.4 Å². The van der Waals surface area contributed by atoms with E-state index >= 15 is 0 Å². The lowest BCUT2D eigenvalue weighted by atomic mass is 10.0. The average molecular weight is 337 g/mol. The first-order valence-corrected chi connectivity index (χ1v) is 9.19. The third kappa shape index (κ3) is 4.29. The third-order valence-electron chi connectivity index (χ3n) is 4.94. The highest BCUT2D eigenvalue weighted by atomic mass is 16.5. The van der Waals surface area contributed by atoms with Gasteiger partial charge in [0.05, 0.1) is 19.1 Å². The van der Waals surface area contributed by atoms with Gasteiger partial charge in [-0.3, -0.25) is 4.79 Å². The quantitative estimate of drug-likeness (QED) is 0.699. The van der Waals surface area contributed by atoms with Crippen molar-refractivity contribution in [2.75, 3.05) is 13.2 Å². The van der Waals surface area contributed by atoms with Crippen molar-refractivity contribution in [3.8, 4) is 0 Å². The Hall–Kier alpha value is -2.13. The van der Waals surface area contributed by atoms with Crippen LogP contribution in [0.3, 0.4) is 0 Å². The topological polar surface area (TPSA) is 29.5 Å². The first-order valence-electron chi connectivity index (χ1n) is 9.19. The van der Waals surface area contributed by atoms with Crippen molar-refractivity contribution in [3.05, 3.63) is 70.8 Å². The van der Waals surface area contributed by atoms with Gasteiger partial charge in [0.15, 0.2) is 0 Å². The maximum atomic E-state index is 12.9. The molecular weight excluding hydrogens is 310 g/mol. The lowest BCUT2D eigenvalue weighted by Crippen LogP contribution is -2.34. The van der Waals surface area contributed by atoms with E-state index in [1.165, 1.54) is 22.3 Å². The molecule has 0 bridgehead atoms. The van der Waals surface area contributed by atoms with E-state index in [1.807, 2.05) is 6.92 Å². The van der Waals surface area contributed by atoms with E-state index in [1.54, 1.807) is 0 Å². The molecular formula is C22H27NO2. The number of hydrogen-bond acceptors (Lipinski definition) is 2. The van der Waals surface area contributed by atoms with Gasteiger partial charge in [-0.15, -0.1) is 0 Å². The smallest absolute Gasteiger partial charge is 0.225 e. The molecule has 25 heavy (non-hydrogen) atoms. The van der Waals surface area contributed by atoms with Crippen molar-refractivity contribution in [3.63, 3.8) is 0 Å². The number of carbonyl (C=O) groups is 1. The van der Waals surface area contributed by atoms with Crippen LogP contribution in [-0.4, -0.2) is 24.0 Å². The van der Waals surface area contributed by atoms with Crippen molar-refractivity contribution in [1.82, 2.24) is 4.90 Å². The fourth-order valence-corrected chi connectivity index (χ4v) is 3.57. The van der Waals surface area contributed by atoms with Gasteiger partial charge in [-0.2, -0.15) is 0 Å². The number of benzene rings is 2. The number of fused-ring (bicyclic) bond motifs is 1. The Labute approximate surface area is 150 Å². The van der Waals surface area contributed by atoms with Crippen LogP contribution in [0, 0.1) is 6.92 Å². The van der Waals surface area contributed by atoms with Gasteiger partial charge >= 0.3 is 0 Å². The summed E-state index contributed by atoms with van der Waals surface area (Å²) in [4.78, 5) is 15.0. The molecule has 2 aromatic rings. The van der Waals surface area contributed by atoms with Crippen molar-refractivity contribution in [1.29, 1.82) is 0 Å². The molecule has 0 spiro atoms. The Kier molecular flexibility index (Phi) is 5.87. The zero-order chi connectivity index (χ0) is 17.6. The number of rotatable bonds is 7. The highest BCUT2D eigenvalue weighted by Crippen LogP contribution is 2.36. The largest absolute Gasteiger partial charge is 0.381 e. The van der Waals surface area contributed by atoms with Crippen molar-refractivity contribution in [2.45, 2.75) is 45.7 Å². The molecule has 1 aliphatic rings. The van der Waals surface area contributed by atoms with Gasteiger partial charge in [0.2, 0.25) is 5.91 Å². The highest BCUT2D eigenvalue weighted by Gasteiger charge is 2.30. The average Bonchev–Trinajstić information content (AvgIpc) is 3.05. The Morgan fingerprint density at radius 1 is 1.16 bits per heavy atom. The predicted molar refractivity (Wildman–Crippen MR) is 100 cm³/mol. The Morgan fingerprint density at radius 2 is 1.92 bits per heavy atom. The van der Waals surface area contributed by atoms with Crippen LogP contribution < -0.4 is 0 Å². The molecule has 3 rings (SSSR count). The molecule has 0 radical (unpaired) electrons. The van der Waals surface area contributed by atoms with Crippen LogP contribution in [0.1, 0.15) is 48.1 Å². The first kappa shape index (κ1) is 17.7. The van der Waals surface area contributed by atoms with Crippen LogP contribution in [0.4, 0.5) is 0 Å². The Bertz CT molecular complexity index is 708. The molecule has 1 aliphatic carbocycles. The van der Waals surface area contributed by atoms with Gasteiger partial charge in [-0.1, -0.05) is 54.1 Å². The van der Waals surface area contributed by atoms with Gasteiger partial charge in [0.25, 0.3) is 0 Å². The predicted octanol–water partition coefficient (Wildman–Crippen LogP) is 4.44. The molecule has 3 heteroatoms. The number of carbonyl (C=O) groups excluding carboxylic acids is 1. The van der Waals surface area contributed by atoms with E-state index in [-0.39, 0.29) is 11.9 Å². The number of amides is 1. The zero-order valence-electron chi connectivity index (χ0n) is 15.2. The second kappa shape index (κ2) is 8.30. The van der Waals surface area contributed by atoms with Gasteiger partial charge in [-0.25, -0.2) is 0 Å². The Balaban J connectivity index is 1.81. The SMILES string of the molecule is CCOCCC(=O)N(Cc1ccc(C)cc1)C1CCc2ccccc21. The van der Waals surface area contributed by atoms with Crippen molar-refractivity contribution >= 4 is 5.91 Å². The van der Waals surface area contributed by atoms with Crippen LogP contribution in [0.5, 0.6) is 0 Å². The summed E-state index contributed by atoms with van der Waals surface area (Å²) < 4.78 is 5.40. The minimum Gasteiger partial charge on any atom is -0.381 e. The zero-order valence-corrected chi connectivity index (χ0v) is 15.2. The molecule has 0 fully saturated rings. The molecule has 3 nitrogen and oxygen atoms in total. The minimum absolute atomic E-state index is 0.173. The third-order valence-corrected chi connectivity index (χ3v) is 4.94. The maximum absolute atomic E-state index is 12.9. The van der Waals surface area contributed by atoms with E-state index in [0.29, 0.717) is 26.2 Å². The van der Waals surface area contributed by atoms with E-state index in [4.69, 9.17) is 4.74 Å². The van der Waals surface area contributed by atoms with Crippen molar-refractivity contribution < 1.29 is 9.53 Å². The summed E-state index contributed by atoms with van der Waals surface area (Å²) in [5.74, 6) is 0.177. The lowest BCUT2D eigenvalue weighted by Gasteiger charge is -2.30. The molecule has 1 atom stereocenters. The van der Waals surface area contributed by atoms with Crippen LogP contribution in [-0.2, 0) is 22.5 Å². The summed E-state index contributed by atoms with van der Waals surface area (Å²) in [6.07, 6.45) is 2.49. The summed E-state index contributed by atoms with van der Waals surface area (Å²) in [5.41, 5.74) is 5.10. The fraction of sp³-hybridized carbons (Fsp3) is 0.409. The molecule has 0 aromatic heterocycles. The van der Waals surface area contributed by atoms with Crippen molar-refractivity contribution in [2.24, 2.45) is 0 Å². The van der Waals surface area contributed by atoms with E-state index in [9.17, 15) is 4.79 Å². The molecule has 1 amide bonds. The summed E-state index contributed by atoms with van der Waals surface area (Å²) in [5, 5.41) is 0. The monoisotopic (exact) mass is 337 g/mol. The maximum Gasteiger partial charge on any atom is 0.225 e. The number of nitrogens with zero attached hydrogens (tertiary/aromatic N) is 1. The first-order chi connectivity index (χ1) is 12.2. The van der Waals surface area contributed by atoms with E-state index < -0.39 is 0 Å².